The second-order valence-corrected chi connectivity index (χ2v) is 9.95. The van der Waals surface area contributed by atoms with Crippen molar-refractivity contribution >= 4 is 11.6 Å². The molecule has 206 valence electrons. The summed E-state index contributed by atoms with van der Waals surface area (Å²) in [6, 6.07) is 7.98. The van der Waals surface area contributed by atoms with E-state index in [0.29, 0.717) is 30.4 Å². The molecule has 4 nitrogen and oxygen atoms in total. The third-order valence-corrected chi connectivity index (χ3v) is 7.03. The summed E-state index contributed by atoms with van der Waals surface area (Å²) >= 11 is 0. The van der Waals surface area contributed by atoms with Gasteiger partial charge in [0, 0.05) is 11.8 Å². The van der Waals surface area contributed by atoms with Crippen molar-refractivity contribution in [3.8, 4) is 5.75 Å². The number of allylic oxidation sites excluding steroid dienone is 9. The second kappa shape index (κ2) is 16.4. The van der Waals surface area contributed by atoms with Gasteiger partial charge in [0.2, 0.25) is 0 Å². The van der Waals surface area contributed by atoms with Crippen LogP contribution in [-0.4, -0.2) is 25.8 Å². The number of methoxy groups -OCH3 is 2. The monoisotopic (exact) mass is 518 g/mol. The molecule has 0 aliphatic carbocycles. The van der Waals surface area contributed by atoms with E-state index in [-0.39, 0.29) is 11.6 Å². The lowest BCUT2D eigenvalue weighted by molar-refractivity contribution is -0.116. The summed E-state index contributed by atoms with van der Waals surface area (Å²) in [6.07, 6.45) is 13.4. The van der Waals surface area contributed by atoms with E-state index in [1.807, 2.05) is 51.1 Å². The number of carbonyl (C=O) groups is 2. The van der Waals surface area contributed by atoms with Crippen LogP contribution in [0.15, 0.2) is 95.9 Å². The number of hydrogen-bond acceptors (Lipinski definition) is 4. The van der Waals surface area contributed by atoms with Crippen molar-refractivity contribution in [2.75, 3.05) is 14.2 Å². The molecule has 0 N–H and O–H groups in total. The van der Waals surface area contributed by atoms with Crippen molar-refractivity contribution in [1.82, 2.24) is 0 Å². The van der Waals surface area contributed by atoms with Crippen LogP contribution >= 0.6 is 0 Å². The first-order valence-corrected chi connectivity index (χ1v) is 13.3. The topological polar surface area (TPSA) is 52.6 Å². The Kier molecular flexibility index (Phi) is 14.1. The van der Waals surface area contributed by atoms with E-state index in [9.17, 15) is 9.59 Å². The fourth-order valence-electron chi connectivity index (χ4n) is 4.52. The number of ketones is 2. The number of hydrogen-bond donors (Lipinski definition) is 0. The van der Waals surface area contributed by atoms with Crippen LogP contribution in [0.25, 0.3) is 0 Å². The maximum absolute atomic E-state index is 13.7. The molecule has 0 fully saturated rings. The summed E-state index contributed by atoms with van der Waals surface area (Å²) < 4.78 is 10.6. The maximum Gasteiger partial charge on any atom is 0.167 e. The first kappa shape index (κ1) is 32.6. The number of ether oxygens (including phenoxy) is 2. The van der Waals surface area contributed by atoms with E-state index in [1.165, 1.54) is 13.4 Å². The van der Waals surface area contributed by atoms with Gasteiger partial charge in [-0.1, -0.05) is 69.4 Å². The van der Waals surface area contributed by atoms with Gasteiger partial charge < -0.3 is 9.47 Å². The number of Topliss-reactive ketones (excluding diaryl/α,β-unsaturated/α-hetero) is 2. The molecular formula is C34H46O4. The predicted octanol–water partition coefficient (Wildman–Crippen LogP) is 8.56. The Bertz CT molecular complexity index is 1100. The molecule has 0 aliphatic rings. The van der Waals surface area contributed by atoms with Gasteiger partial charge in [0.1, 0.15) is 5.75 Å². The van der Waals surface area contributed by atoms with Crippen molar-refractivity contribution in [2.45, 2.75) is 78.6 Å². The zero-order valence-corrected chi connectivity index (χ0v) is 24.5. The molecule has 0 aromatic heterocycles. The molecule has 1 rings (SSSR count). The summed E-state index contributed by atoms with van der Waals surface area (Å²) in [5, 5.41) is 0. The van der Waals surface area contributed by atoms with Crippen LogP contribution in [-0.2, 0) is 19.7 Å². The highest BCUT2D eigenvalue weighted by atomic mass is 16.5. The van der Waals surface area contributed by atoms with Crippen LogP contribution in [0.2, 0.25) is 0 Å². The van der Waals surface area contributed by atoms with Crippen LogP contribution in [0.5, 0.6) is 5.75 Å². The van der Waals surface area contributed by atoms with Gasteiger partial charge in [-0.25, -0.2) is 0 Å². The van der Waals surface area contributed by atoms with Crippen LogP contribution in [0.1, 0.15) is 78.7 Å². The van der Waals surface area contributed by atoms with Crippen LogP contribution < -0.4 is 4.74 Å². The van der Waals surface area contributed by atoms with E-state index in [1.54, 1.807) is 20.1 Å². The van der Waals surface area contributed by atoms with Crippen molar-refractivity contribution < 1.29 is 19.1 Å². The molecule has 1 unspecified atom stereocenters. The minimum absolute atomic E-state index is 0.0129. The number of benzene rings is 1. The molecule has 4 heteroatoms. The van der Waals surface area contributed by atoms with Gasteiger partial charge >= 0.3 is 0 Å². The highest BCUT2D eigenvalue weighted by Crippen LogP contribution is 2.41. The molecule has 1 atom stereocenters. The Hall–Kier alpha value is -3.40. The molecule has 0 aliphatic heterocycles. The van der Waals surface area contributed by atoms with Gasteiger partial charge in [-0.15, -0.1) is 0 Å². The summed E-state index contributed by atoms with van der Waals surface area (Å²) in [5.74, 6) is 0.790. The third-order valence-electron chi connectivity index (χ3n) is 7.03. The SMILES string of the molecule is C=CC=CC(C)=C(C)C=C(CCC(CCCC)(CC(=O)C(=COC)C(=C)C)c1ccc(OC)cc1)C(C)=O. The number of unbranched alkanes of at least 4 members (excludes halogenated alkanes) is 1. The van der Waals surface area contributed by atoms with Crippen molar-refractivity contribution in [2.24, 2.45) is 0 Å². The van der Waals surface area contributed by atoms with Crippen molar-refractivity contribution in [3.63, 3.8) is 0 Å². The third kappa shape index (κ3) is 9.81. The molecule has 0 heterocycles. The molecule has 0 saturated carbocycles. The van der Waals surface area contributed by atoms with E-state index >= 15 is 0 Å². The Labute approximate surface area is 230 Å². The van der Waals surface area contributed by atoms with E-state index in [0.717, 1.165) is 47.3 Å². The first-order chi connectivity index (χ1) is 18.0. The molecule has 0 radical (unpaired) electrons. The summed E-state index contributed by atoms with van der Waals surface area (Å²) in [6.45, 7) is 17.3. The average molecular weight is 519 g/mol. The molecular weight excluding hydrogens is 472 g/mol. The molecule has 0 saturated heterocycles. The summed E-state index contributed by atoms with van der Waals surface area (Å²) in [7, 11) is 3.18. The van der Waals surface area contributed by atoms with Gasteiger partial charge in [-0.05, 0) is 86.9 Å². The van der Waals surface area contributed by atoms with Crippen molar-refractivity contribution in [3.05, 3.63) is 101 Å². The van der Waals surface area contributed by atoms with E-state index in [4.69, 9.17) is 9.47 Å². The fraction of sp³-hybridized carbons (Fsp3) is 0.412. The van der Waals surface area contributed by atoms with Crippen LogP contribution in [0.4, 0.5) is 0 Å². The molecule has 1 aromatic carbocycles. The lowest BCUT2D eigenvalue weighted by atomic mass is 9.68. The predicted molar refractivity (Wildman–Crippen MR) is 159 cm³/mol. The van der Waals surface area contributed by atoms with Crippen molar-refractivity contribution in [1.29, 1.82) is 0 Å². The van der Waals surface area contributed by atoms with Gasteiger partial charge in [-0.3, -0.25) is 9.59 Å². The number of rotatable bonds is 17. The minimum atomic E-state index is -0.467. The molecule has 0 spiro atoms. The van der Waals surface area contributed by atoms with Gasteiger partial charge in [-0.2, -0.15) is 0 Å². The largest absolute Gasteiger partial charge is 0.504 e. The second-order valence-electron chi connectivity index (χ2n) is 9.95. The molecule has 38 heavy (non-hydrogen) atoms. The first-order valence-electron chi connectivity index (χ1n) is 13.3. The fourth-order valence-corrected chi connectivity index (χ4v) is 4.52. The molecule has 1 aromatic rings. The highest BCUT2D eigenvalue weighted by molar-refractivity contribution is 5.99. The van der Waals surface area contributed by atoms with Crippen LogP contribution in [0.3, 0.4) is 0 Å². The maximum atomic E-state index is 13.7. The Balaban J connectivity index is 3.63. The smallest absolute Gasteiger partial charge is 0.167 e. The standard InChI is InChI=1S/C34H46O4/c1-10-12-14-26(5)27(6)22-29(28(7)35)19-21-34(20-13-11-2,30-15-17-31(38-9)18-16-30)23-33(36)32(24-37-8)25(3)4/h10,12,14-18,22,24H,1,3,11,13,19-21,23H2,2,4-9H3. The Morgan fingerprint density at radius 2 is 1.66 bits per heavy atom. The Morgan fingerprint density at radius 1 is 1.00 bits per heavy atom. The normalized spacial score (nSPS) is 14.5. The quantitative estimate of drug-likeness (QED) is 0.118. The number of carbonyl (C=O) groups excluding carboxylic acids is 2. The van der Waals surface area contributed by atoms with Gasteiger partial charge in [0.15, 0.2) is 11.6 Å². The lowest BCUT2D eigenvalue weighted by Gasteiger charge is -2.35. The highest BCUT2D eigenvalue weighted by Gasteiger charge is 2.35. The zero-order valence-electron chi connectivity index (χ0n) is 24.5. The Morgan fingerprint density at radius 3 is 2.16 bits per heavy atom. The minimum Gasteiger partial charge on any atom is -0.504 e. The average Bonchev–Trinajstić information content (AvgIpc) is 2.90. The van der Waals surface area contributed by atoms with E-state index < -0.39 is 5.41 Å². The summed E-state index contributed by atoms with van der Waals surface area (Å²) in [5.41, 5.74) is 4.62. The summed E-state index contributed by atoms with van der Waals surface area (Å²) in [4.78, 5) is 26.4. The lowest BCUT2D eigenvalue weighted by Crippen LogP contribution is -2.31. The van der Waals surface area contributed by atoms with Crippen LogP contribution in [0, 0.1) is 0 Å². The molecule has 0 bridgehead atoms. The van der Waals surface area contributed by atoms with Gasteiger partial charge in [0.05, 0.1) is 26.1 Å². The van der Waals surface area contributed by atoms with E-state index in [2.05, 4.69) is 32.2 Å². The zero-order chi connectivity index (χ0) is 28.7. The molecule has 0 amide bonds. The van der Waals surface area contributed by atoms with Gasteiger partial charge in [0.25, 0.3) is 0 Å².